The summed E-state index contributed by atoms with van der Waals surface area (Å²) in [6, 6.07) is 22.0. The number of furan rings is 2. The van der Waals surface area contributed by atoms with Gasteiger partial charge in [-0.05, 0) is 62.2 Å². The van der Waals surface area contributed by atoms with E-state index in [4.69, 9.17) is 8.83 Å². The van der Waals surface area contributed by atoms with Crippen LogP contribution in [0.3, 0.4) is 0 Å². The van der Waals surface area contributed by atoms with Crippen LogP contribution in [-0.2, 0) is 0 Å². The van der Waals surface area contributed by atoms with Gasteiger partial charge in [-0.1, -0.05) is 35.9 Å². The molecule has 0 atom stereocenters. The zero-order valence-electron chi connectivity index (χ0n) is 20.3. The van der Waals surface area contributed by atoms with Crippen LogP contribution in [0.15, 0.2) is 69.5 Å². The van der Waals surface area contributed by atoms with Crippen LogP contribution in [-0.4, -0.2) is 4.57 Å². The van der Waals surface area contributed by atoms with Crippen LogP contribution in [0.25, 0.3) is 78.0 Å². The van der Waals surface area contributed by atoms with Crippen molar-refractivity contribution in [1.82, 2.24) is 4.57 Å². The molecular formula is C31H19NO2S3. The van der Waals surface area contributed by atoms with E-state index in [-0.39, 0.29) is 0 Å². The Morgan fingerprint density at radius 3 is 2.03 bits per heavy atom. The molecule has 0 spiro atoms. The van der Waals surface area contributed by atoms with Crippen molar-refractivity contribution in [3.05, 3.63) is 77.4 Å². The molecule has 3 aromatic carbocycles. The predicted molar refractivity (Wildman–Crippen MR) is 161 cm³/mol. The number of rotatable bonds is 1. The Kier molecular flexibility index (Phi) is 3.78. The summed E-state index contributed by atoms with van der Waals surface area (Å²) < 4.78 is 23.2. The van der Waals surface area contributed by atoms with Crippen molar-refractivity contribution in [2.24, 2.45) is 0 Å². The first-order chi connectivity index (χ1) is 18.0. The molecule has 9 rings (SSSR count). The molecule has 0 aliphatic rings. The van der Waals surface area contributed by atoms with E-state index in [1.165, 1.54) is 45.6 Å². The fourth-order valence-electron chi connectivity index (χ4n) is 5.67. The SMILES string of the molecule is Cc1ccc(-n2c3c4ccc(C)cc4oc3c3sc4c(oc5c6sc7cc(C)ccc7c6sc54)c32)cc1. The maximum absolute atomic E-state index is 6.80. The highest BCUT2D eigenvalue weighted by Crippen LogP contribution is 2.53. The van der Waals surface area contributed by atoms with Gasteiger partial charge in [-0.15, -0.1) is 34.0 Å². The van der Waals surface area contributed by atoms with Gasteiger partial charge in [-0.25, -0.2) is 0 Å². The van der Waals surface area contributed by atoms with Crippen LogP contribution in [0.2, 0.25) is 0 Å². The summed E-state index contributed by atoms with van der Waals surface area (Å²) in [5.74, 6) is 0. The molecule has 0 radical (unpaired) electrons. The summed E-state index contributed by atoms with van der Waals surface area (Å²) in [6.07, 6.45) is 0. The highest BCUT2D eigenvalue weighted by molar-refractivity contribution is 7.39. The smallest absolute Gasteiger partial charge is 0.171 e. The van der Waals surface area contributed by atoms with Crippen LogP contribution >= 0.6 is 34.0 Å². The lowest BCUT2D eigenvalue weighted by molar-refractivity contribution is 0.672. The average Bonchev–Trinajstić information content (AvgIpc) is 3.67. The Bertz CT molecular complexity index is 2380. The van der Waals surface area contributed by atoms with E-state index in [1.54, 1.807) is 11.3 Å². The van der Waals surface area contributed by atoms with Gasteiger partial charge in [0, 0.05) is 21.2 Å². The number of hydrogen-bond acceptors (Lipinski definition) is 5. The molecular weight excluding hydrogens is 515 g/mol. The third-order valence-corrected chi connectivity index (χ3v) is 11.2. The minimum Gasteiger partial charge on any atom is -0.453 e. The third kappa shape index (κ3) is 2.55. The maximum atomic E-state index is 6.80. The van der Waals surface area contributed by atoms with Gasteiger partial charge in [0.05, 0.1) is 18.8 Å². The number of benzene rings is 3. The third-order valence-electron chi connectivity index (χ3n) is 7.43. The lowest BCUT2D eigenvalue weighted by atomic mass is 10.2. The summed E-state index contributed by atoms with van der Waals surface area (Å²) in [7, 11) is 0. The van der Waals surface area contributed by atoms with E-state index >= 15 is 0 Å². The van der Waals surface area contributed by atoms with E-state index in [2.05, 4.69) is 86.0 Å². The van der Waals surface area contributed by atoms with Gasteiger partial charge >= 0.3 is 0 Å². The Morgan fingerprint density at radius 2 is 1.19 bits per heavy atom. The number of thiophene rings is 3. The summed E-state index contributed by atoms with van der Waals surface area (Å²) >= 11 is 5.50. The number of aryl methyl sites for hydroxylation is 3. The van der Waals surface area contributed by atoms with Crippen LogP contribution in [0.4, 0.5) is 0 Å². The van der Waals surface area contributed by atoms with Crippen LogP contribution < -0.4 is 0 Å². The summed E-state index contributed by atoms with van der Waals surface area (Å²) in [5, 5.41) is 2.46. The minimum absolute atomic E-state index is 0.932. The molecule has 0 aliphatic heterocycles. The number of aromatic nitrogens is 1. The van der Waals surface area contributed by atoms with E-state index in [0.717, 1.165) is 49.1 Å². The highest BCUT2D eigenvalue weighted by Gasteiger charge is 2.28. The van der Waals surface area contributed by atoms with Crippen molar-refractivity contribution in [2.75, 3.05) is 0 Å². The van der Waals surface area contributed by atoms with Gasteiger partial charge in [-0.2, -0.15) is 0 Å². The quantitative estimate of drug-likeness (QED) is 0.210. The molecule has 0 aliphatic carbocycles. The highest BCUT2D eigenvalue weighted by atomic mass is 32.1. The van der Waals surface area contributed by atoms with Crippen molar-refractivity contribution in [1.29, 1.82) is 0 Å². The van der Waals surface area contributed by atoms with E-state index in [0.29, 0.717) is 0 Å². The Morgan fingerprint density at radius 1 is 0.541 bits per heavy atom. The van der Waals surface area contributed by atoms with Gasteiger partial charge in [0.2, 0.25) is 0 Å². The molecule has 6 aromatic heterocycles. The Hall–Kier alpha value is -3.58. The van der Waals surface area contributed by atoms with Crippen LogP contribution in [0, 0.1) is 20.8 Å². The van der Waals surface area contributed by atoms with Gasteiger partial charge in [-0.3, -0.25) is 0 Å². The van der Waals surface area contributed by atoms with E-state index in [1.807, 2.05) is 22.7 Å². The second kappa shape index (κ2) is 6.84. The van der Waals surface area contributed by atoms with Gasteiger partial charge in [0.1, 0.15) is 21.3 Å². The van der Waals surface area contributed by atoms with E-state index < -0.39 is 0 Å². The molecule has 37 heavy (non-hydrogen) atoms. The molecule has 6 heteroatoms. The molecule has 0 bridgehead atoms. The largest absolute Gasteiger partial charge is 0.453 e. The molecule has 0 saturated heterocycles. The Balaban J connectivity index is 1.46. The van der Waals surface area contributed by atoms with Gasteiger partial charge in [0.25, 0.3) is 0 Å². The first-order valence-electron chi connectivity index (χ1n) is 12.3. The molecule has 0 saturated carbocycles. The fourth-order valence-corrected chi connectivity index (χ4v) is 9.71. The summed E-state index contributed by atoms with van der Waals surface area (Å²) in [4.78, 5) is 0. The van der Waals surface area contributed by atoms with Crippen molar-refractivity contribution >= 4 is 106 Å². The number of hydrogen-bond donors (Lipinski definition) is 0. The normalized spacial score (nSPS) is 12.7. The summed E-state index contributed by atoms with van der Waals surface area (Å²) in [5.41, 5.74) is 10.9. The maximum Gasteiger partial charge on any atom is 0.171 e. The van der Waals surface area contributed by atoms with Crippen molar-refractivity contribution in [2.45, 2.75) is 20.8 Å². The topological polar surface area (TPSA) is 31.2 Å². The van der Waals surface area contributed by atoms with Crippen molar-refractivity contribution in [3.8, 4) is 5.69 Å². The monoisotopic (exact) mass is 533 g/mol. The second-order valence-corrected chi connectivity index (χ2v) is 13.1. The number of nitrogens with zero attached hydrogens (tertiary/aromatic N) is 1. The molecule has 0 unspecified atom stereocenters. The van der Waals surface area contributed by atoms with Gasteiger partial charge in [0.15, 0.2) is 16.7 Å². The van der Waals surface area contributed by atoms with Crippen LogP contribution in [0.1, 0.15) is 16.7 Å². The minimum atomic E-state index is 0.932. The average molecular weight is 534 g/mol. The first-order valence-corrected chi connectivity index (χ1v) is 14.7. The Labute approximate surface area is 222 Å². The first kappa shape index (κ1) is 20.5. The fraction of sp³-hybridized carbons (Fsp3) is 0.0968. The number of fused-ring (bicyclic) bond motifs is 13. The predicted octanol–water partition coefficient (Wildman–Crippen LogP) is 10.8. The zero-order chi connectivity index (χ0) is 24.6. The molecule has 9 aromatic rings. The standard InChI is InChI=1S/C31H19NO2S3/c1-14-4-8-17(9-5-14)32-22-18-10-6-15(2)12-20(18)33-24(22)28-23(32)25-29(37-28)31-26(34-25)30-27(36-31)19-11-7-16(3)13-21(19)35-30/h4-13H,1-3H3. The van der Waals surface area contributed by atoms with E-state index in [9.17, 15) is 0 Å². The van der Waals surface area contributed by atoms with Crippen LogP contribution in [0.5, 0.6) is 0 Å². The molecule has 0 N–H and O–H groups in total. The molecule has 3 nitrogen and oxygen atoms in total. The van der Waals surface area contributed by atoms with Gasteiger partial charge < -0.3 is 13.4 Å². The van der Waals surface area contributed by atoms with Crippen molar-refractivity contribution < 1.29 is 8.83 Å². The lowest BCUT2D eigenvalue weighted by Crippen LogP contribution is -1.93. The molecule has 0 amide bonds. The zero-order valence-corrected chi connectivity index (χ0v) is 22.7. The lowest BCUT2D eigenvalue weighted by Gasteiger charge is -2.07. The second-order valence-electron chi connectivity index (χ2n) is 10.0. The molecule has 6 heterocycles. The van der Waals surface area contributed by atoms with Crippen molar-refractivity contribution in [3.63, 3.8) is 0 Å². The molecule has 0 fully saturated rings. The molecule has 178 valence electrons. The summed E-state index contributed by atoms with van der Waals surface area (Å²) in [6.45, 7) is 6.39.